The van der Waals surface area contributed by atoms with E-state index < -0.39 is 5.60 Å². The number of amides is 1. The fourth-order valence-corrected chi connectivity index (χ4v) is 1.13. The molecule has 1 rings (SSSR count). The van der Waals surface area contributed by atoms with Crippen molar-refractivity contribution >= 4 is 5.91 Å². The van der Waals surface area contributed by atoms with Gasteiger partial charge in [-0.05, 0) is 25.5 Å². The molecule has 0 aliphatic heterocycles. The van der Waals surface area contributed by atoms with Gasteiger partial charge in [0.1, 0.15) is 5.75 Å². The monoisotopic (exact) mass is 237 g/mol. The van der Waals surface area contributed by atoms with E-state index in [0.717, 1.165) is 0 Å². The summed E-state index contributed by atoms with van der Waals surface area (Å²) in [6.45, 7) is 3.75. The molecule has 0 heterocycles. The fraction of sp³-hybridized carbons (Fsp3) is 0.462. The first-order valence-electron chi connectivity index (χ1n) is 5.70. The van der Waals surface area contributed by atoms with Crippen LogP contribution in [0.3, 0.4) is 0 Å². The highest BCUT2D eigenvalue weighted by Crippen LogP contribution is 2.08. The Balaban J connectivity index is 2.27. The minimum absolute atomic E-state index is 0.0379. The molecule has 0 aliphatic rings. The minimum Gasteiger partial charge on any atom is -0.484 e. The van der Waals surface area contributed by atoms with Gasteiger partial charge in [0.2, 0.25) is 0 Å². The van der Waals surface area contributed by atoms with Gasteiger partial charge in [0, 0.05) is 6.54 Å². The predicted octanol–water partition coefficient (Wildman–Crippen LogP) is 1.34. The van der Waals surface area contributed by atoms with E-state index >= 15 is 0 Å². The van der Waals surface area contributed by atoms with Crippen LogP contribution in [0.2, 0.25) is 0 Å². The van der Waals surface area contributed by atoms with E-state index in [-0.39, 0.29) is 19.1 Å². The molecule has 0 spiro atoms. The molecule has 0 aliphatic carbocycles. The quantitative estimate of drug-likeness (QED) is 0.785. The Morgan fingerprint density at radius 1 is 1.41 bits per heavy atom. The Kier molecular flexibility index (Phi) is 4.97. The number of carbonyl (C=O) groups excluding carboxylic acids is 1. The van der Waals surface area contributed by atoms with Gasteiger partial charge in [0.05, 0.1) is 5.60 Å². The zero-order chi connectivity index (χ0) is 12.7. The van der Waals surface area contributed by atoms with Crippen LogP contribution in [0.15, 0.2) is 30.3 Å². The van der Waals surface area contributed by atoms with E-state index in [1.807, 2.05) is 25.1 Å². The van der Waals surface area contributed by atoms with Crippen molar-refractivity contribution in [1.82, 2.24) is 5.32 Å². The van der Waals surface area contributed by atoms with Crippen LogP contribution in [-0.4, -0.2) is 29.8 Å². The Morgan fingerprint density at radius 2 is 2.06 bits per heavy atom. The Hall–Kier alpha value is -1.55. The van der Waals surface area contributed by atoms with Crippen LogP contribution >= 0.6 is 0 Å². The summed E-state index contributed by atoms with van der Waals surface area (Å²) < 4.78 is 5.27. The molecule has 4 heteroatoms. The summed E-state index contributed by atoms with van der Waals surface area (Å²) in [7, 11) is 0. The molecule has 0 saturated heterocycles. The Bertz CT molecular complexity index is 349. The highest BCUT2D eigenvalue weighted by atomic mass is 16.5. The third-order valence-electron chi connectivity index (χ3n) is 2.54. The highest BCUT2D eigenvalue weighted by Gasteiger charge is 2.18. The fourth-order valence-electron chi connectivity index (χ4n) is 1.13. The summed E-state index contributed by atoms with van der Waals surface area (Å²) in [5.74, 6) is 0.424. The standard InChI is InChI=1S/C13H19NO3/c1-3-13(2,16)10-14-12(15)9-17-11-7-5-4-6-8-11/h4-8,16H,3,9-10H2,1-2H3,(H,14,15). The second-order valence-corrected chi connectivity index (χ2v) is 4.23. The van der Waals surface area contributed by atoms with Crippen LogP contribution in [0.1, 0.15) is 20.3 Å². The molecule has 0 bridgehead atoms. The van der Waals surface area contributed by atoms with Crippen molar-refractivity contribution in [3.8, 4) is 5.75 Å². The first-order chi connectivity index (χ1) is 8.03. The largest absolute Gasteiger partial charge is 0.484 e. The van der Waals surface area contributed by atoms with E-state index in [0.29, 0.717) is 12.2 Å². The van der Waals surface area contributed by atoms with E-state index in [1.54, 1.807) is 19.1 Å². The van der Waals surface area contributed by atoms with Crippen molar-refractivity contribution in [3.05, 3.63) is 30.3 Å². The summed E-state index contributed by atoms with van der Waals surface area (Å²) >= 11 is 0. The van der Waals surface area contributed by atoms with Gasteiger partial charge in [-0.1, -0.05) is 25.1 Å². The molecule has 1 amide bonds. The zero-order valence-corrected chi connectivity index (χ0v) is 10.3. The lowest BCUT2D eigenvalue weighted by atomic mass is 10.0. The first-order valence-corrected chi connectivity index (χ1v) is 5.70. The maximum atomic E-state index is 11.4. The lowest BCUT2D eigenvalue weighted by molar-refractivity contribution is -0.124. The van der Waals surface area contributed by atoms with Gasteiger partial charge in [-0.2, -0.15) is 0 Å². The maximum Gasteiger partial charge on any atom is 0.258 e. The topological polar surface area (TPSA) is 58.6 Å². The number of hydrogen-bond donors (Lipinski definition) is 2. The molecule has 17 heavy (non-hydrogen) atoms. The van der Waals surface area contributed by atoms with Crippen molar-refractivity contribution < 1.29 is 14.6 Å². The van der Waals surface area contributed by atoms with Crippen molar-refractivity contribution in [2.24, 2.45) is 0 Å². The van der Waals surface area contributed by atoms with Crippen LogP contribution in [0, 0.1) is 0 Å². The molecule has 1 unspecified atom stereocenters. The van der Waals surface area contributed by atoms with Gasteiger partial charge >= 0.3 is 0 Å². The van der Waals surface area contributed by atoms with Gasteiger partial charge in [0.15, 0.2) is 6.61 Å². The van der Waals surface area contributed by atoms with Crippen LogP contribution in [0.25, 0.3) is 0 Å². The Morgan fingerprint density at radius 3 is 2.65 bits per heavy atom. The number of nitrogens with one attached hydrogen (secondary N) is 1. The van der Waals surface area contributed by atoms with E-state index in [4.69, 9.17) is 4.74 Å². The van der Waals surface area contributed by atoms with Crippen molar-refractivity contribution in [2.75, 3.05) is 13.2 Å². The van der Waals surface area contributed by atoms with E-state index in [9.17, 15) is 9.90 Å². The minimum atomic E-state index is -0.859. The van der Waals surface area contributed by atoms with Gasteiger partial charge in [-0.3, -0.25) is 4.79 Å². The molecule has 0 aromatic heterocycles. The molecule has 0 saturated carbocycles. The van der Waals surface area contributed by atoms with Crippen molar-refractivity contribution in [3.63, 3.8) is 0 Å². The molecule has 2 N–H and O–H groups in total. The van der Waals surface area contributed by atoms with Crippen LogP contribution in [-0.2, 0) is 4.79 Å². The molecule has 1 aromatic rings. The van der Waals surface area contributed by atoms with E-state index in [2.05, 4.69) is 5.32 Å². The number of carbonyl (C=O) groups is 1. The summed E-state index contributed by atoms with van der Waals surface area (Å²) in [4.78, 5) is 11.4. The summed E-state index contributed by atoms with van der Waals surface area (Å²) in [5, 5.41) is 12.3. The maximum absolute atomic E-state index is 11.4. The number of benzene rings is 1. The molecule has 4 nitrogen and oxygen atoms in total. The molecular weight excluding hydrogens is 218 g/mol. The van der Waals surface area contributed by atoms with Crippen LogP contribution in [0.4, 0.5) is 0 Å². The van der Waals surface area contributed by atoms with Crippen molar-refractivity contribution in [1.29, 1.82) is 0 Å². The summed E-state index contributed by atoms with van der Waals surface area (Å²) in [6.07, 6.45) is 0.590. The van der Waals surface area contributed by atoms with Crippen LogP contribution < -0.4 is 10.1 Å². The third-order valence-corrected chi connectivity index (χ3v) is 2.54. The van der Waals surface area contributed by atoms with Gasteiger partial charge in [-0.15, -0.1) is 0 Å². The molecular formula is C13H19NO3. The zero-order valence-electron chi connectivity index (χ0n) is 10.3. The molecule has 0 radical (unpaired) electrons. The lowest BCUT2D eigenvalue weighted by Gasteiger charge is -2.21. The summed E-state index contributed by atoms with van der Waals surface area (Å²) in [5.41, 5.74) is -0.859. The van der Waals surface area contributed by atoms with Gasteiger partial charge in [-0.25, -0.2) is 0 Å². The lowest BCUT2D eigenvalue weighted by Crippen LogP contribution is -2.41. The first kappa shape index (κ1) is 13.5. The number of ether oxygens (including phenoxy) is 1. The highest BCUT2D eigenvalue weighted by molar-refractivity contribution is 5.77. The van der Waals surface area contributed by atoms with E-state index in [1.165, 1.54) is 0 Å². The SMILES string of the molecule is CCC(C)(O)CNC(=O)COc1ccccc1. The molecule has 1 aromatic carbocycles. The molecule has 1 atom stereocenters. The number of rotatable bonds is 6. The average molecular weight is 237 g/mol. The molecule has 0 fully saturated rings. The second-order valence-electron chi connectivity index (χ2n) is 4.23. The predicted molar refractivity (Wildman–Crippen MR) is 65.9 cm³/mol. The number of hydrogen-bond acceptors (Lipinski definition) is 3. The molecule has 94 valence electrons. The third kappa shape index (κ3) is 5.36. The summed E-state index contributed by atoms with van der Waals surface area (Å²) in [6, 6.07) is 9.14. The van der Waals surface area contributed by atoms with Crippen molar-refractivity contribution in [2.45, 2.75) is 25.9 Å². The average Bonchev–Trinajstić information content (AvgIpc) is 2.35. The Labute approximate surface area is 102 Å². The normalized spacial score (nSPS) is 13.8. The number of para-hydroxylation sites is 1. The van der Waals surface area contributed by atoms with Gasteiger partial charge < -0.3 is 15.2 Å². The smallest absolute Gasteiger partial charge is 0.258 e. The van der Waals surface area contributed by atoms with Gasteiger partial charge in [0.25, 0.3) is 5.91 Å². The van der Waals surface area contributed by atoms with Crippen LogP contribution in [0.5, 0.6) is 5.75 Å². The second kappa shape index (κ2) is 6.25. The number of aliphatic hydroxyl groups is 1.